The average Bonchev–Trinajstić information content (AvgIpc) is 2.67. The standard InChI is InChI=1S/C9H9N2S2/c1-12-9-11(6-7-13-9)8-4-2-3-5-10-8/h2-7H,1H3/q+1. The van der Waals surface area contributed by atoms with Crippen molar-refractivity contribution in [3.05, 3.63) is 36.0 Å². The number of pyridine rings is 1. The van der Waals surface area contributed by atoms with Gasteiger partial charge in [0, 0.05) is 11.4 Å². The maximum absolute atomic E-state index is 4.29. The lowest BCUT2D eigenvalue weighted by Gasteiger charge is -1.93. The summed E-state index contributed by atoms with van der Waals surface area (Å²) in [5.41, 5.74) is 0. The van der Waals surface area contributed by atoms with Crippen LogP contribution in [0.5, 0.6) is 0 Å². The van der Waals surface area contributed by atoms with Crippen LogP contribution in [0.2, 0.25) is 0 Å². The van der Waals surface area contributed by atoms with E-state index in [4.69, 9.17) is 0 Å². The second-order valence-corrected chi connectivity index (χ2v) is 4.38. The molecule has 4 heteroatoms. The average molecular weight is 209 g/mol. The second-order valence-electron chi connectivity index (χ2n) is 2.43. The molecule has 2 aromatic heterocycles. The van der Waals surface area contributed by atoms with Crippen LogP contribution in [0.25, 0.3) is 5.82 Å². The molecule has 0 aliphatic heterocycles. The summed E-state index contributed by atoms with van der Waals surface area (Å²) in [5, 5.41) is 2.07. The van der Waals surface area contributed by atoms with Gasteiger partial charge >= 0.3 is 5.82 Å². The van der Waals surface area contributed by atoms with Gasteiger partial charge in [-0.3, -0.25) is 0 Å². The molecule has 0 N–H and O–H groups in total. The SMILES string of the molecule is CSc1scc[n+]1-c1ccccn1. The predicted molar refractivity (Wildman–Crippen MR) is 55.4 cm³/mol. The van der Waals surface area contributed by atoms with E-state index < -0.39 is 0 Å². The third-order valence-electron chi connectivity index (χ3n) is 1.65. The van der Waals surface area contributed by atoms with Crippen molar-refractivity contribution in [3.63, 3.8) is 0 Å². The van der Waals surface area contributed by atoms with Crippen LogP contribution in [0.4, 0.5) is 0 Å². The minimum atomic E-state index is 0.980. The first-order chi connectivity index (χ1) is 6.42. The zero-order chi connectivity index (χ0) is 9.10. The molecule has 13 heavy (non-hydrogen) atoms. The number of rotatable bonds is 2. The van der Waals surface area contributed by atoms with Gasteiger partial charge in [0.2, 0.25) is 4.34 Å². The van der Waals surface area contributed by atoms with Crippen LogP contribution in [0.15, 0.2) is 40.3 Å². The lowest BCUT2D eigenvalue weighted by Crippen LogP contribution is -2.30. The molecule has 0 spiro atoms. The Hall–Kier alpha value is -0.870. The highest BCUT2D eigenvalue weighted by Crippen LogP contribution is 2.16. The molecule has 0 aliphatic carbocycles. The Morgan fingerprint density at radius 3 is 3.08 bits per heavy atom. The summed E-state index contributed by atoms with van der Waals surface area (Å²) < 4.78 is 3.34. The van der Waals surface area contributed by atoms with Crippen molar-refractivity contribution >= 4 is 23.1 Å². The lowest BCUT2D eigenvalue weighted by atomic mass is 10.5. The molecular formula is C9H9N2S2+. The van der Waals surface area contributed by atoms with Gasteiger partial charge < -0.3 is 0 Å². The van der Waals surface area contributed by atoms with E-state index >= 15 is 0 Å². The van der Waals surface area contributed by atoms with E-state index in [-0.39, 0.29) is 0 Å². The van der Waals surface area contributed by atoms with Gasteiger partial charge in [-0.05, 0) is 17.3 Å². The van der Waals surface area contributed by atoms with E-state index in [2.05, 4.69) is 21.2 Å². The van der Waals surface area contributed by atoms with E-state index in [9.17, 15) is 0 Å². The number of thioether (sulfide) groups is 1. The van der Waals surface area contributed by atoms with Crippen LogP contribution in [-0.4, -0.2) is 11.2 Å². The van der Waals surface area contributed by atoms with Crippen molar-refractivity contribution < 1.29 is 4.57 Å². The van der Waals surface area contributed by atoms with Crippen molar-refractivity contribution in [3.8, 4) is 5.82 Å². The van der Waals surface area contributed by atoms with Crippen molar-refractivity contribution in [2.45, 2.75) is 4.34 Å². The minimum absolute atomic E-state index is 0.980. The molecule has 0 fully saturated rings. The third-order valence-corrected chi connectivity index (χ3v) is 3.64. The quantitative estimate of drug-likeness (QED) is 0.557. The van der Waals surface area contributed by atoms with E-state index in [1.807, 2.05) is 30.6 Å². The van der Waals surface area contributed by atoms with Gasteiger partial charge in [0.15, 0.2) is 0 Å². The van der Waals surface area contributed by atoms with Crippen LogP contribution in [-0.2, 0) is 0 Å². The molecule has 2 aromatic rings. The van der Waals surface area contributed by atoms with Crippen molar-refractivity contribution in [1.29, 1.82) is 0 Å². The van der Waals surface area contributed by atoms with Crippen LogP contribution in [0.3, 0.4) is 0 Å². The third kappa shape index (κ3) is 1.73. The van der Waals surface area contributed by atoms with Crippen LogP contribution >= 0.6 is 23.1 Å². The summed E-state index contributed by atoms with van der Waals surface area (Å²) in [6.07, 6.45) is 5.92. The van der Waals surface area contributed by atoms with Gasteiger partial charge in [-0.2, -0.15) is 4.57 Å². The van der Waals surface area contributed by atoms with E-state index in [0.29, 0.717) is 0 Å². The molecule has 2 heterocycles. The van der Waals surface area contributed by atoms with Crippen molar-refractivity contribution in [2.75, 3.05) is 6.26 Å². The monoisotopic (exact) mass is 209 g/mol. The molecule has 0 amide bonds. The number of hydrogen-bond acceptors (Lipinski definition) is 3. The zero-order valence-electron chi connectivity index (χ0n) is 7.18. The molecule has 2 rings (SSSR count). The molecular weight excluding hydrogens is 200 g/mol. The highest BCUT2D eigenvalue weighted by molar-refractivity contribution is 8.00. The minimum Gasteiger partial charge on any atom is -0.180 e. The highest BCUT2D eigenvalue weighted by Gasteiger charge is 2.11. The number of aromatic nitrogens is 2. The second kappa shape index (κ2) is 3.89. The Bertz CT molecular complexity index is 384. The number of hydrogen-bond donors (Lipinski definition) is 0. The van der Waals surface area contributed by atoms with Gasteiger partial charge in [-0.15, -0.1) is 0 Å². The summed E-state index contributed by atoms with van der Waals surface area (Å²) in [5.74, 6) is 0.980. The molecule has 0 bridgehead atoms. The maximum Gasteiger partial charge on any atom is 0.329 e. The topological polar surface area (TPSA) is 16.8 Å². The Morgan fingerprint density at radius 2 is 2.38 bits per heavy atom. The van der Waals surface area contributed by atoms with E-state index in [0.717, 1.165) is 5.82 Å². The van der Waals surface area contributed by atoms with Gasteiger partial charge in [0.1, 0.15) is 12.4 Å². The first kappa shape index (κ1) is 8.72. The predicted octanol–water partition coefficient (Wildman–Crippen LogP) is 2.14. The fraction of sp³-hybridized carbons (Fsp3) is 0.111. The van der Waals surface area contributed by atoms with Crippen LogP contribution in [0.1, 0.15) is 0 Å². The fourth-order valence-electron chi connectivity index (χ4n) is 1.08. The number of thiazole rings is 1. The van der Waals surface area contributed by atoms with Gasteiger partial charge in [-0.25, -0.2) is 0 Å². The van der Waals surface area contributed by atoms with E-state index in [1.165, 1.54) is 4.34 Å². The maximum atomic E-state index is 4.29. The summed E-state index contributed by atoms with van der Waals surface area (Å²) in [7, 11) is 0. The number of nitrogens with zero attached hydrogens (tertiary/aromatic N) is 2. The van der Waals surface area contributed by atoms with Crippen LogP contribution < -0.4 is 4.57 Å². The molecule has 0 atom stereocenters. The molecule has 0 aliphatic rings. The summed E-state index contributed by atoms with van der Waals surface area (Å²) >= 11 is 3.47. The van der Waals surface area contributed by atoms with Gasteiger partial charge in [0.25, 0.3) is 0 Å². The molecule has 0 saturated carbocycles. The molecule has 0 aromatic carbocycles. The van der Waals surface area contributed by atoms with Gasteiger partial charge in [-0.1, -0.05) is 29.2 Å². The molecule has 2 nitrogen and oxygen atoms in total. The molecule has 0 unspecified atom stereocenters. The van der Waals surface area contributed by atoms with Crippen molar-refractivity contribution in [2.24, 2.45) is 0 Å². The zero-order valence-corrected chi connectivity index (χ0v) is 8.81. The Labute approximate surface area is 85.3 Å². The Morgan fingerprint density at radius 1 is 1.46 bits per heavy atom. The Balaban J connectivity index is 2.47. The fourth-order valence-corrected chi connectivity index (χ4v) is 2.55. The Kier molecular flexibility index (Phi) is 2.61. The van der Waals surface area contributed by atoms with Crippen molar-refractivity contribution in [1.82, 2.24) is 4.98 Å². The summed E-state index contributed by atoms with van der Waals surface area (Å²) in [6.45, 7) is 0. The molecule has 0 radical (unpaired) electrons. The highest BCUT2D eigenvalue weighted by atomic mass is 32.2. The summed E-state index contributed by atoms with van der Waals surface area (Å²) in [6, 6.07) is 5.93. The normalized spacial score (nSPS) is 10.2. The van der Waals surface area contributed by atoms with Crippen LogP contribution in [0, 0.1) is 0 Å². The summed E-state index contributed by atoms with van der Waals surface area (Å²) in [4.78, 5) is 4.29. The molecule has 66 valence electrons. The first-order valence-corrected chi connectivity index (χ1v) is 5.97. The largest absolute Gasteiger partial charge is 0.329 e. The lowest BCUT2D eigenvalue weighted by molar-refractivity contribution is -0.632. The molecule has 0 saturated heterocycles. The smallest absolute Gasteiger partial charge is 0.180 e. The van der Waals surface area contributed by atoms with E-state index in [1.54, 1.807) is 23.1 Å². The van der Waals surface area contributed by atoms with Gasteiger partial charge in [0.05, 0.1) is 0 Å². The first-order valence-electron chi connectivity index (χ1n) is 3.86.